The summed E-state index contributed by atoms with van der Waals surface area (Å²) in [5.74, 6) is -2.70. The van der Waals surface area contributed by atoms with Gasteiger partial charge in [-0.05, 0) is 37.6 Å². The lowest BCUT2D eigenvalue weighted by atomic mass is 10.1. The molecule has 5 nitrogen and oxygen atoms in total. The third kappa shape index (κ3) is 3.46. The van der Waals surface area contributed by atoms with Gasteiger partial charge in [0.05, 0.1) is 16.8 Å². The summed E-state index contributed by atoms with van der Waals surface area (Å²) in [6.45, 7) is 1.90. The number of rotatable bonds is 5. The third-order valence-electron chi connectivity index (χ3n) is 4.11. The molecule has 2 aromatic carbocycles. The van der Waals surface area contributed by atoms with E-state index in [0.717, 1.165) is 28.7 Å². The zero-order chi connectivity index (χ0) is 18.8. The van der Waals surface area contributed by atoms with E-state index in [1.165, 1.54) is 0 Å². The maximum atomic E-state index is 13.5. The minimum atomic E-state index is -0.740. The Morgan fingerprint density at radius 2 is 1.77 bits per heavy atom. The molecule has 0 saturated carbocycles. The van der Waals surface area contributed by atoms with Crippen molar-refractivity contribution in [2.75, 3.05) is 11.9 Å². The first kappa shape index (κ1) is 17.7. The van der Waals surface area contributed by atoms with Crippen molar-refractivity contribution in [1.82, 2.24) is 4.90 Å². The van der Waals surface area contributed by atoms with E-state index in [4.69, 9.17) is 0 Å². The Labute approximate surface area is 148 Å². The molecule has 0 bridgehead atoms. The van der Waals surface area contributed by atoms with E-state index in [9.17, 15) is 23.2 Å². The lowest BCUT2D eigenvalue weighted by molar-refractivity contribution is -0.116. The molecule has 1 aliphatic heterocycles. The van der Waals surface area contributed by atoms with Crippen LogP contribution < -0.4 is 5.32 Å². The second-order valence-electron chi connectivity index (χ2n) is 6.09. The van der Waals surface area contributed by atoms with Gasteiger partial charge in [-0.15, -0.1) is 0 Å². The summed E-state index contributed by atoms with van der Waals surface area (Å²) >= 11 is 0. The summed E-state index contributed by atoms with van der Waals surface area (Å²) in [6, 6.07) is 7.80. The van der Waals surface area contributed by atoms with E-state index in [1.807, 2.05) is 6.92 Å². The summed E-state index contributed by atoms with van der Waals surface area (Å²) in [6.07, 6.45) is 0.176. The molecule has 26 heavy (non-hydrogen) atoms. The lowest BCUT2D eigenvalue weighted by Gasteiger charge is -2.13. The highest BCUT2D eigenvalue weighted by Crippen LogP contribution is 2.24. The molecule has 0 atom stereocenters. The van der Waals surface area contributed by atoms with Crippen LogP contribution in [0.1, 0.15) is 39.1 Å². The predicted molar refractivity (Wildman–Crippen MR) is 90.8 cm³/mol. The first-order valence-corrected chi connectivity index (χ1v) is 8.08. The maximum Gasteiger partial charge on any atom is 0.261 e. The van der Waals surface area contributed by atoms with Crippen LogP contribution in [-0.2, 0) is 4.79 Å². The molecule has 1 heterocycles. The number of carbonyl (C=O) groups is 3. The average molecular weight is 358 g/mol. The molecule has 2 aromatic rings. The number of hydrogen-bond donors (Lipinski definition) is 1. The van der Waals surface area contributed by atoms with Crippen LogP contribution in [0.25, 0.3) is 0 Å². The largest absolute Gasteiger partial charge is 0.324 e. The molecule has 3 rings (SSSR count). The van der Waals surface area contributed by atoms with Crippen molar-refractivity contribution in [3.8, 4) is 0 Å². The van der Waals surface area contributed by atoms with E-state index < -0.39 is 17.5 Å². The molecule has 0 saturated heterocycles. The van der Waals surface area contributed by atoms with Crippen LogP contribution in [0.5, 0.6) is 0 Å². The van der Waals surface area contributed by atoms with Crippen LogP contribution in [0.4, 0.5) is 14.5 Å². The molecular formula is C19H16F2N2O3. The first-order valence-electron chi connectivity index (χ1n) is 8.08. The average Bonchev–Trinajstić information content (AvgIpc) is 2.82. The van der Waals surface area contributed by atoms with E-state index in [-0.39, 0.29) is 36.9 Å². The molecule has 0 radical (unpaired) electrons. The van der Waals surface area contributed by atoms with Crippen molar-refractivity contribution in [3.63, 3.8) is 0 Å². The van der Waals surface area contributed by atoms with E-state index in [2.05, 4.69) is 5.32 Å². The van der Waals surface area contributed by atoms with E-state index in [0.29, 0.717) is 11.1 Å². The Hall–Kier alpha value is -3.09. The Kier molecular flexibility index (Phi) is 4.79. The van der Waals surface area contributed by atoms with Gasteiger partial charge in [-0.3, -0.25) is 19.3 Å². The van der Waals surface area contributed by atoms with Gasteiger partial charge in [0, 0.05) is 19.0 Å². The molecule has 7 heteroatoms. The fourth-order valence-electron chi connectivity index (χ4n) is 2.81. The number of nitrogens with zero attached hydrogens (tertiary/aromatic N) is 1. The summed E-state index contributed by atoms with van der Waals surface area (Å²) in [5.41, 5.74) is 1.35. The lowest BCUT2D eigenvalue weighted by Crippen LogP contribution is -2.31. The number of fused-ring (bicyclic) bond motifs is 1. The van der Waals surface area contributed by atoms with Crippen molar-refractivity contribution in [3.05, 3.63) is 64.7 Å². The summed E-state index contributed by atoms with van der Waals surface area (Å²) in [5, 5.41) is 2.28. The van der Waals surface area contributed by atoms with Gasteiger partial charge in [0.25, 0.3) is 11.8 Å². The Morgan fingerprint density at radius 3 is 2.54 bits per heavy atom. The number of imide groups is 1. The molecule has 1 aliphatic rings. The second-order valence-corrected chi connectivity index (χ2v) is 6.09. The maximum absolute atomic E-state index is 13.5. The van der Waals surface area contributed by atoms with Gasteiger partial charge in [0.1, 0.15) is 11.6 Å². The number of hydrogen-bond acceptors (Lipinski definition) is 3. The number of anilines is 1. The zero-order valence-electron chi connectivity index (χ0n) is 14.0. The number of benzene rings is 2. The molecule has 0 aliphatic carbocycles. The quantitative estimate of drug-likeness (QED) is 0.834. The molecule has 0 spiro atoms. The van der Waals surface area contributed by atoms with Crippen LogP contribution >= 0.6 is 0 Å². The molecule has 3 amide bonds. The molecule has 1 N–H and O–H groups in total. The molecule has 0 aromatic heterocycles. The highest BCUT2D eigenvalue weighted by atomic mass is 19.1. The van der Waals surface area contributed by atoms with E-state index in [1.54, 1.807) is 18.2 Å². The van der Waals surface area contributed by atoms with Gasteiger partial charge < -0.3 is 5.32 Å². The molecular weight excluding hydrogens is 342 g/mol. The van der Waals surface area contributed by atoms with Crippen LogP contribution in [-0.4, -0.2) is 29.2 Å². The molecule has 0 fully saturated rings. The van der Waals surface area contributed by atoms with Crippen molar-refractivity contribution in [2.24, 2.45) is 0 Å². The minimum absolute atomic E-state index is 0.0393. The number of halogens is 2. The van der Waals surface area contributed by atoms with E-state index >= 15 is 0 Å². The van der Waals surface area contributed by atoms with Crippen LogP contribution in [0.2, 0.25) is 0 Å². The normalized spacial score (nSPS) is 13.1. The topological polar surface area (TPSA) is 66.5 Å². The fourth-order valence-corrected chi connectivity index (χ4v) is 2.81. The second kappa shape index (κ2) is 7.03. The van der Waals surface area contributed by atoms with Crippen molar-refractivity contribution in [2.45, 2.75) is 19.8 Å². The van der Waals surface area contributed by atoms with Crippen molar-refractivity contribution >= 4 is 23.4 Å². The fraction of sp³-hybridized carbons (Fsp3) is 0.211. The molecule has 0 unspecified atom stereocenters. The van der Waals surface area contributed by atoms with Gasteiger partial charge >= 0.3 is 0 Å². The highest BCUT2D eigenvalue weighted by Gasteiger charge is 2.34. The number of aryl methyl sites for hydroxylation is 1. The number of amides is 3. The minimum Gasteiger partial charge on any atom is -0.324 e. The van der Waals surface area contributed by atoms with Gasteiger partial charge in [0.15, 0.2) is 0 Å². The summed E-state index contributed by atoms with van der Waals surface area (Å²) in [7, 11) is 0. The van der Waals surface area contributed by atoms with Crippen LogP contribution in [0, 0.1) is 18.6 Å². The monoisotopic (exact) mass is 358 g/mol. The SMILES string of the molecule is Cc1ccc2c(c1)C(=O)N(CCCC(=O)Nc1cc(F)ccc1F)C2=O. The Bertz CT molecular complexity index is 912. The van der Waals surface area contributed by atoms with Crippen molar-refractivity contribution < 1.29 is 23.2 Å². The van der Waals surface area contributed by atoms with Gasteiger partial charge in [-0.2, -0.15) is 0 Å². The van der Waals surface area contributed by atoms with Crippen molar-refractivity contribution in [1.29, 1.82) is 0 Å². The van der Waals surface area contributed by atoms with Gasteiger partial charge in [0.2, 0.25) is 5.91 Å². The first-order chi connectivity index (χ1) is 12.4. The van der Waals surface area contributed by atoms with Crippen LogP contribution in [0.3, 0.4) is 0 Å². The smallest absolute Gasteiger partial charge is 0.261 e. The standard InChI is InChI=1S/C19H16F2N2O3/c1-11-4-6-13-14(9-11)19(26)23(18(13)25)8-2-3-17(24)22-16-10-12(20)5-7-15(16)21/h4-7,9-10H,2-3,8H2,1H3,(H,22,24). The zero-order valence-corrected chi connectivity index (χ0v) is 14.0. The van der Waals surface area contributed by atoms with Gasteiger partial charge in [-0.1, -0.05) is 11.6 Å². The summed E-state index contributed by atoms with van der Waals surface area (Å²) < 4.78 is 26.6. The third-order valence-corrected chi connectivity index (χ3v) is 4.11. The Morgan fingerprint density at radius 1 is 1.04 bits per heavy atom. The Balaban J connectivity index is 1.57. The highest BCUT2D eigenvalue weighted by molar-refractivity contribution is 6.21. The number of carbonyl (C=O) groups excluding carboxylic acids is 3. The van der Waals surface area contributed by atoms with Gasteiger partial charge in [-0.25, -0.2) is 8.78 Å². The molecule has 134 valence electrons. The number of nitrogens with one attached hydrogen (secondary N) is 1. The predicted octanol–water partition coefficient (Wildman–Crippen LogP) is 3.29. The summed E-state index contributed by atoms with van der Waals surface area (Å²) in [4.78, 5) is 37.6. The van der Waals surface area contributed by atoms with Crippen LogP contribution in [0.15, 0.2) is 36.4 Å².